The molecular formula is C16H31N5. The molecule has 0 bridgehead atoms. The molecule has 0 amide bonds. The van der Waals surface area contributed by atoms with Gasteiger partial charge >= 0.3 is 0 Å². The van der Waals surface area contributed by atoms with E-state index in [9.17, 15) is 0 Å². The van der Waals surface area contributed by atoms with Crippen molar-refractivity contribution in [2.24, 2.45) is 5.92 Å². The van der Waals surface area contributed by atoms with Crippen LogP contribution in [0.2, 0.25) is 0 Å². The summed E-state index contributed by atoms with van der Waals surface area (Å²) in [4.78, 5) is 2.56. The molecule has 0 spiro atoms. The van der Waals surface area contributed by atoms with E-state index in [1.54, 1.807) is 0 Å². The third-order valence-electron chi connectivity index (χ3n) is 4.32. The van der Waals surface area contributed by atoms with Crippen LogP contribution in [0.5, 0.6) is 0 Å². The second kappa shape index (κ2) is 7.36. The van der Waals surface area contributed by atoms with Gasteiger partial charge < -0.3 is 10.2 Å². The zero-order chi connectivity index (χ0) is 15.3. The van der Waals surface area contributed by atoms with Gasteiger partial charge in [-0.05, 0) is 52.6 Å². The number of rotatable bonds is 6. The van der Waals surface area contributed by atoms with Gasteiger partial charge in [-0.2, -0.15) is 0 Å². The van der Waals surface area contributed by atoms with Crippen LogP contribution in [0, 0.1) is 5.92 Å². The number of aromatic nitrogens is 3. The minimum Gasteiger partial charge on any atom is -0.306 e. The van der Waals surface area contributed by atoms with Gasteiger partial charge in [0, 0.05) is 24.8 Å². The van der Waals surface area contributed by atoms with Gasteiger partial charge in [0.2, 0.25) is 0 Å². The van der Waals surface area contributed by atoms with Gasteiger partial charge in [-0.25, -0.2) is 0 Å². The maximum atomic E-state index is 4.24. The standard InChI is InChI=1S/C16H31N5/c1-5-14-6-8-20(9-7-14)10-11-21-13-15(18-19-21)12-17-16(2,3)4/h13-14,17H,5-12H2,1-4H3. The van der Waals surface area contributed by atoms with E-state index >= 15 is 0 Å². The molecule has 2 rings (SSSR count). The summed E-state index contributed by atoms with van der Waals surface area (Å²) in [6.45, 7) is 14.1. The molecule has 5 heteroatoms. The zero-order valence-electron chi connectivity index (χ0n) is 14.1. The highest BCUT2D eigenvalue weighted by Gasteiger charge is 2.17. The van der Waals surface area contributed by atoms with E-state index in [1.807, 2.05) is 4.68 Å². The molecule has 0 aromatic carbocycles. The molecule has 1 N–H and O–H groups in total. The van der Waals surface area contributed by atoms with Crippen LogP contribution in [-0.4, -0.2) is 45.1 Å². The molecule has 1 aromatic rings. The molecule has 1 aliphatic rings. The molecule has 120 valence electrons. The molecule has 1 saturated heterocycles. The van der Waals surface area contributed by atoms with Gasteiger partial charge in [0.25, 0.3) is 0 Å². The molecule has 1 aliphatic heterocycles. The minimum atomic E-state index is 0.118. The van der Waals surface area contributed by atoms with Crippen LogP contribution < -0.4 is 5.32 Å². The summed E-state index contributed by atoms with van der Waals surface area (Å²) in [6.07, 6.45) is 6.11. The van der Waals surface area contributed by atoms with Crippen molar-refractivity contribution in [1.82, 2.24) is 25.2 Å². The first kappa shape index (κ1) is 16.4. The van der Waals surface area contributed by atoms with Gasteiger partial charge in [-0.15, -0.1) is 5.10 Å². The molecule has 1 fully saturated rings. The van der Waals surface area contributed by atoms with Crippen LogP contribution >= 0.6 is 0 Å². The molecule has 21 heavy (non-hydrogen) atoms. The van der Waals surface area contributed by atoms with Gasteiger partial charge in [0.05, 0.1) is 12.2 Å². The Morgan fingerprint density at radius 2 is 1.95 bits per heavy atom. The highest BCUT2D eigenvalue weighted by molar-refractivity contribution is 4.93. The zero-order valence-corrected chi connectivity index (χ0v) is 14.1. The Hall–Kier alpha value is -0.940. The third-order valence-corrected chi connectivity index (χ3v) is 4.32. The van der Waals surface area contributed by atoms with Crippen LogP contribution in [0.25, 0.3) is 0 Å². The van der Waals surface area contributed by atoms with Gasteiger partial charge in [0.1, 0.15) is 0 Å². The maximum Gasteiger partial charge on any atom is 0.0965 e. The highest BCUT2D eigenvalue weighted by Crippen LogP contribution is 2.19. The van der Waals surface area contributed by atoms with Crippen LogP contribution in [0.4, 0.5) is 0 Å². The summed E-state index contributed by atoms with van der Waals surface area (Å²) in [6, 6.07) is 0. The lowest BCUT2D eigenvalue weighted by Crippen LogP contribution is -2.35. The largest absolute Gasteiger partial charge is 0.306 e. The Morgan fingerprint density at radius 3 is 2.57 bits per heavy atom. The van der Waals surface area contributed by atoms with E-state index in [0.29, 0.717) is 0 Å². The lowest BCUT2D eigenvalue weighted by Gasteiger charge is -2.31. The topological polar surface area (TPSA) is 46.0 Å². The van der Waals surface area contributed by atoms with Crippen molar-refractivity contribution >= 4 is 0 Å². The molecule has 1 aromatic heterocycles. The monoisotopic (exact) mass is 293 g/mol. The molecule has 0 atom stereocenters. The Bertz CT molecular complexity index is 413. The molecule has 5 nitrogen and oxygen atoms in total. The van der Waals surface area contributed by atoms with Crippen molar-refractivity contribution in [2.75, 3.05) is 19.6 Å². The van der Waals surface area contributed by atoms with E-state index < -0.39 is 0 Å². The Kier molecular flexibility index (Phi) is 5.76. The number of hydrogen-bond acceptors (Lipinski definition) is 4. The van der Waals surface area contributed by atoms with Crippen LogP contribution in [0.3, 0.4) is 0 Å². The average molecular weight is 293 g/mol. The fraction of sp³-hybridized carbons (Fsp3) is 0.875. The Labute approximate surface area is 129 Å². The fourth-order valence-corrected chi connectivity index (χ4v) is 2.75. The molecule has 0 saturated carbocycles. The van der Waals surface area contributed by atoms with E-state index in [2.05, 4.69) is 54.4 Å². The quantitative estimate of drug-likeness (QED) is 0.874. The summed E-state index contributed by atoms with van der Waals surface area (Å²) >= 11 is 0. The van der Waals surface area contributed by atoms with Gasteiger partial charge in [-0.1, -0.05) is 18.6 Å². The molecular weight excluding hydrogens is 262 g/mol. The molecule has 2 heterocycles. The first-order chi connectivity index (χ1) is 9.96. The van der Waals surface area contributed by atoms with Crippen LogP contribution in [0.1, 0.15) is 52.7 Å². The number of nitrogens with zero attached hydrogens (tertiary/aromatic N) is 4. The predicted octanol–water partition coefficient (Wildman–Crippen LogP) is 2.29. The van der Waals surface area contributed by atoms with E-state index in [1.165, 1.54) is 32.4 Å². The Balaban J connectivity index is 1.71. The molecule has 0 radical (unpaired) electrons. The summed E-state index contributed by atoms with van der Waals surface area (Å²) in [5.41, 5.74) is 1.14. The van der Waals surface area contributed by atoms with E-state index in [-0.39, 0.29) is 5.54 Å². The number of nitrogens with one attached hydrogen (secondary N) is 1. The van der Waals surface area contributed by atoms with Crippen molar-refractivity contribution in [2.45, 2.75) is 65.6 Å². The fourth-order valence-electron chi connectivity index (χ4n) is 2.75. The van der Waals surface area contributed by atoms with E-state index in [0.717, 1.165) is 31.2 Å². The van der Waals surface area contributed by atoms with E-state index in [4.69, 9.17) is 0 Å². The first-order valence-electron chi connectivity index (χ1n) is 8.32. The smallest absolute Gasteiger partial charge is 0.0965 e. The van der Waals surface area contributed by atoms with Crippen molar-refractivity contribution < 1.29 is 0 Å². The highest BCUT2D eigenvalue weighted by atomic mass is 15.4. The average Bonchev–Trinajstić information content (AvgIpc) is 2.91. The summed E-state index contributed by atoms with van der Waals surface area (Å²) in [5.74, 6) is 0.947. The summed E-state index contributed by atoms with van der Waals surface area (Å²) in [5, 5.41) is 11.9. The second-order valence-electron chi connectivity index (χ2n) is 7.27. The SMILES string of the molecule is CCC1CCN(CCn2cc(CNC(C)(C)C)nn2)CC1. The van der Waals surface area contributed by atoms with Crippen LogP contribution in [0.15, 0.2) is 6.20 Å². The Morgan fingerprint density at radius 1 is 1.24 bits per heavy atom. The predicted molar refractivity (Wildman–Crippen MR) is 86.1 cm³/mol. The normalized spacial score (nSPS) is 18.3. The number of likely N-dealkylation sites (tertiary alicyclic amines) is 1. The van der Waals surface area contributed by atoms with Gasteiger partial charge in [0.15, 0.2) is 0 Å². The van der Waals surface area contributed by atoms with Crippen molar-refractivity contribution in [3.8, 4) is 0 Å². The lowest BCUT2D eigenvalue weighted by molar-refractivity contribution is 0.174. The van der Waals surface area contributed by atoms with Crippen molar-refractivity contribution in [1.29, 1.82) is 0 Å². The second-order valence-corrected chi connectivity index (χ2v) is 7.27. The maximum absolute atomic E-state index is 4.24. The number of hydrogen-bond donors (Lipinski definition) is 1. The van der Waals surface area contributed by atoms with Crippen molar-refractivity contribution in [3.05, 3.63) is 11.9 Å². The van der Waals surface area contributed by atoms with Crippen LogP contribution in [-0.2, 0) is 13.1 Å². The lowest BCUT2D eigenvalue weighted by atomic mass is 9.94. The summed E-state index contributed by atoms with van der Waals surface area (Å²) in [7, 11) is 0. The third kappa shape index (κ3) is 5.75. The summed E-state index contributed by atoms with van der Waals surface area (Å²) < 4.78 is 1.98. The number of piperidine rings is 1. The van der Waals surface area contributed by atoms with Gasteiger partial charge in [-0.3, -0.25) is 4.68 Å². The van der Waals surface area contributed by atoms with Crippen molar-refractivity contribution in [3.63, 3.8) is 0 Å². The molecule has 0 unspecified atom stereocenters. The first-order valence-corrected chi connectivity index (χ1v) is 8.32. The minimum absolute atomic E-state index is 0.118. The molecule has 0 aliphatic carbocycles.